The maximum atomic E-state index is 13.2. The molecule has 0 aliphatic carbocycles. The van der Waals surface area contributed by atoms with Crippen LogP contribution in [0.5, 0.6) is 0 Å². The number of nitrogens with zero attached hydrogens (tertiary/aromatic N) is 1. The Hall–Kier alpha value is -2.55. The second-order valence-electron chi connectivity index (χ2n) is 4.79. The first-order valence-corrected chi connectivity index (χ1v) is 7.30. The number of halogens is 5. The fourth-order valence-corrected chi connectivity index (χ4v) is 2.85. The normalized spacial score (nSPS) is 11.7. The Labute approximate surface area is 135 Å². The van der Waals surface area contributed by atoms with Crippen LogP contribution >= 0.6 is 11.3 Å². The Morgan fingerprint density at radius 1 is 1.08 bits per heavy atom. The molecule has 3 nitrogen and oxygen atoms in total. The molecule has 124 valence electrons. The van der Waals surface area contributed by atoms with Crippen molar-refractivity contribution in [1.82, 2.24) is 4.98 Å². The number of hydrogen-bond acceptors (Lipinski definition) is 3. The Bertz CT molecular complexity index is 896. The van der Waals surface area contributed by atoms with E-state index in [0.717, 1.165) is 35.6 Å². The minimum absolute atomic E-state index is 0.0254. The van der Waals surface area contributed by atoms with Crippen LogP contribution in [0.2, 0.25) is 0 Å². The number of carbonyl (C=O) groups excluding carboxylic acids is 1. The minimum atomic E-state index is -4.57. The van der Waals surface area contributed by atoms with E-state index >= 15 is 0 Å². The lowest BCUT2D eigenvalue weighted by Crippen LogP contribution is -2.13. The molecule has 0 bridgehead atoms. The molecular weight excluding hydrogens is 351 g/mol. The van der Waals surface area contributed by atoms with Crippen molar-refractivity contribution in [3.8, 4) is 0 Å². The summed E-state index contributed by atoms with van der Waals surface area (Å²) in [7, 11) is 0. The highest BCUT2D eigenvalue weighted by molar-refractivity contribution is 7.22. The van der Waals surface area contributed by atoms with E-state index in [9.17, 15) is 26.7 Å². The first kappa shape index (κ1) is 16.3. The number of alkyl halides is 3. The van der Waals surface area contributed by atoms with Crippen LogP contribution in [-0.2, 0) is 6.18 Å². The summed E-state index contributed by atoms with van der Waals surface area (Å²) in [5.74, 6) is -2.94. The highest BCUT2D eigenvalue weighted by atomic mass is 32.1. The van der Waals surface area contributed by atoms with Crippen molar-refractivity contribution in [2.24, 2.45) is 0 Å². The van der Waals surface area contributed by atoms with E-state index in [-0.39, 0.29) is 16.2 Å². The average molecular weight is 358 g/mol. The standard InChI is InChI=1S/C15H7F5N2OS/c16-9-5-11-12(6-10(9)17)24-14(21-11)22-13(23)7-2-1-3-8(4-7)15(18,19)20/h1-6H,(H,21,22,23). The highest BCUT2D eigenvalue weighted by Crippen LogP contribution is 2.31. The molecule has 0 aliphatic heterocycles. The molecule has 0 spiro atoms. The predicted octanol–water partition coefficient (Wildman–Crippen LogP) is 4.85. The Morgan fingerprint density at radius 3 is 2.50 bits per heavy atom. The van der Waals surface area contributed by atoms with Crippen LogP contribution < -0.4 is 5.32 Å². The van der Waals surface area contributed by atoms with Gasteiger partial charge in [-0.2, -0.15) is 13.2 Å². The molecule has 1 heterocycles. The van der Waals surface area contributed by atoms with Gasteiger partial charge >= 0.3 is 6.18 Å². The van der Waals surface area contributed by atoms with Gasteiger partial charge in [0.1, 0.15) is 0 Å². The highest BCUT2D eigenvalue weighted by Gasteiger charge is 2.31. The van der Waals surface area contributed by atoms with Gasteiger partial charge in [-0.1, -0.05) is 17.4 Å². The molecule has 1 aromatic heterocycles. The van der Waals surface area contributed by atoms with Gasteiger partial charge in [0.2, 0.25) is 0 Å². The maximum absolute atomic E-state index is 13.2. The van der Waals surface area contributed by atoms with Crippen molar-refractivity contribution in [3.63, 3.8) is 0 Å². The molecule has 1 N–H and O–H groups in total. The molecule has 9 heteroatoms. The first-order valence-electron chi connectivity index (χ1n) is 6.48. The lowest BCUT2D eigenvalue weighted by molar-refractivity contribution is -0.137. The van der Waals surface area contributed by atoms with Crippen molar-refractivity contribution in [2.75, 3.05) is 5.32 Å². The Morgan fingerprint density at radius 2 is 1.79 bits per heavy atom. The van der Waals surface area contributed by atoms with Gasteiger partial charge in [-0.3, -0.25) is 10.1 Å². The molecular formula is C15H7F5N2OS. The average Bonchev–Trinajstić information content (AvgIpc) is 2.88. The summed E-state index contributed by atoms with van der Waals surface area (Å²) in [5, 5.41) is 2.35. The summed E-state index contributed by atoms with van der Waals surface area (Å²) >= 11 is 0.881. The number of carbonyl (C=O) groups is 1. The fourth-order valence-electron chi connectivity index (χ4n) is 1.98. The third-order valence-electron chi connectivity index (χ3n) is 3.10. The summed E-state index contributed by atoms with van der Waals surface area (Å²) in [4.78, 5) is 16.0. The zero-order valence-corrected chi connectivity index (χ0v) is 12.4. The van der Waals surface area contributed by atoms with E-state index in [0.29, 0.717) is 10.8 Å². The molecule has 0 atom stereocenters. The number of hydrogen-bond donors (Lipinski definition) is 1. The molecule has 3 aromatic rings. The number of benzene rings is 2. The van der Waals surface area contributed by atoms with Crippen LogP contribution in [0, 0.1) is 11.6 Å². The van der Waals surface area contributed by atoms with Gasteiger partial charge in [0, 0.05) is 11.6 Å². The second-order valence-corrected chi connectivity index (χ2v) is 5.82. The lowest BCUT2D eigenvalue weighted by atomic mass is 10.1. The molecule has 0 aliphatic rings. The quantitative estimate of drug-likeness (QED) is 0.666. The molecule has 0 unspecified atom stereocenters. The molecule has 0 saturated heterocycles. The third-order valence-corrected chi connectivity index (χ3v) is 4.04. The van der Waals surface area contributed by atoms with Crippen LogP contribution in [0.15, 0.2) is 36.4 Å². The summed E-state index contributed by atoms with van der Waals surface area (Å²) in [6.45, 7) is 0. The van der Waals surface area contributed by atoms with Crippen molar-refractivity contribution >= 4 is 32.6 Å². The summed E-state index contributed by atoms with van der Waals surface area (Å²) in [6, 6.07) is 5.70. The summed E-state index contributed by atoms with van der Waals surface area (Å²) in [6.07, 6.45) is -4.57. The van der Waals surface area contributed by atoms with Crippen molar-refractivity contribution in [1.29, 1.82) is 0 Å². The number of aromatic nitrogens is 1. The van der Waals surface area contributed by atoms with Gasteiger partial charge < -0.3 is 0 Å². The fraction of sp³-hybridized carbons (Fsp3) is 0.0667. The number of thiazole rings is 1. The molecule has 0 saturated carbocycles. The largest absolute Gasteiger partial charge is 0.416 e. The Kier molecular flexibility index (Phi) is 3.96. The van der Waals surface area contributed by atoms with Crippen LogP contribution in [0.25, 0.3) is 10.2 Å². The van der Waals surface area contributed by atoms with E-state index < -0.39 is 29.3 Å². The SMILES string of the molecule is O=C(Nc1nc2cc(F)c(F)cc2s1)c1cccc(C(F)(F)F)c1. The van der Waals surface area contributed by atoms with Gasteiger partial charge in [-0.15, -0.1) is 0 Å². The lowest BCUT2D eigenvalue weighted by Gasteiger charge is -2.08. The number of fused-ring (bicyclic) bond motifs is 1. The van der Waals surface area contributed by atoms with Crippen LogP contribution in [0.4, 0.5) is 27.1 Å². The maximum Gasteiger partial charge on any atom is 0.416 e. The molecule has 24 heavy (non-hydrogen) atoms. The van der Waals surface area contributed by atoms with E-state index in [1.54, 1.807) is 0 Å². The van der Waals surface area contributed by atoms with Gasteiger partial charge in [0.25, 0.3) is 5.91 Å². The van der Waals surface area contributed by atoms with Gasteiger partial charge in [0.05, 0.1) is 15.8 Å². The van der Waals surface area contributed by atoms with Crippen molar-refractivity contribution in [3.05, 3.63) is 59.2 Å². The number of amides is 1. The molecule has 1 amide bonds. The predicted molar refractivity (Wildman–Crippen MR) is 78.9 cm³/mol. The summed E-state index contributed by atoms with van der Waals surface area (Å²) in [5.41, 5.74) is -1.02. The van der Waals surface area contributed by atoms with Crippen molar-refractivity contribution in [2.45, 2.75) is 6.18 Å². The molecule has 3 rings (SSSR count). The smallest absolute Gasteiger partial charge is 0.298 e. The van der Waals surface area contributed by atoms with Crippen LogP contribution in [0.3, 0.4) is 0 Å². The minimum Gasteiger partial charge on any atom is -0.298 e. The van der Waals surface area contributed by atoms with E-state index in [1.807, 2.05) is 0 Å². The van der Waals surface area contributed by atoms with E-state index in [2.05, 4.69) is 10.3 Å². The topological polar surface area (TPSA) is 42.0 Å². The van der Waals surface area contributed by atoms with E-state index in [1.165, 1.54) is 6.07 Å². The molecule has 0 radical (unpaired) electrons. The molecule has 0 fully saturated rings. The molecule has 2 aromatic carbocycles. The first-order chi connectivity index (χ1) is 11.2. The van der Waals surface area contributed by atoms with Crippen LogP contribution in [-0.4, -0.2) is 10.9 Å². The monoisotopic (exact) mass is 358 g/mol. The van der Waals surface area contributed by atoms with Crippen molar-refractivity contribution < 1.29 is 26.7 Å². The van der Waals surface area contributed by atoms with Gasteiger partial charge in [-0.05, 0) is 24.3 Å². The number of nitrogens with one attached hydrogen (secondary N) is 1. The van der Waals surface area contributed by atoms with Gasteiger partial charge in [0.15, 0.2) is 16.8 Å². The zero-order chi connectivity index (χ0) is 17.5. The third kappa shape index (κ3) is 3.21. The number of rotatable bonds is 2. The summed E-state index contributed by atoms with van der Waals surface area (Å²) < 4.78 is 64.6. The second kappa shape index (κ2) is 5.82. The Balaban J connectivity index is 1.87. The number of anilines is 1. The van der Waals surface area contributed by atoms with Crippen LogP contribution in [0.1, 0.15) is 15.9 Å². The van der Waals surface area contributed by atoms with E-state index in [4.69, 9.17) is 0 Å². The zero-order valence-electron chi connectivity index (χ0n) is 11.6. The van der Waals surface area contributed by atoms with Gasteiger partial charge in [-0.25, -0.2) is 13.8 Å².